The van der Waals surface area contributed by atoms with Crippen LogP contribution in [0.25, 0.3) is 0 Å². The summed E-state index contributed by atoms with van der Waals surface area (Å²) in [6, 6.07) is 0. The second-order valence-corrected chi connectivity index (χ2v) is 1.87. The number of alkyl halides is 1. The van der Waals surface area contributed by atoms with E-state index in [1.165, 1.54) is 0 Å². The van der Waals surface area contributed by atoms with E-state index in [1.54, 1.807) is 6.61 Å². The number of ether oxygens (including phenoxy) is 1. The van der Waals surface area contributed by atoms with Crippen molar-refractivity contribution in [1.29, 1.82) is 0 Å². The molecule has 0 saturated carbocycles. The quantitative estimate of drug-likeness (QED) is 0.225. The van der Waals surface area contributed by atoms with Gasteiger partial charge in [0.2, 0.25) is 0 Å². The minimum Gasteiger partial charge on any atom is -1.00 e. The van der Waals surface area contributed by atoms with Crippen LogP contribution >= 0.6 is 11.6 Å². The number of rotatable bonds is 0. The Labute approximate surface area is 76.7 Å². The molecule has 1 fully saturated rings. The normalized spacial score (nSPS) is 25.9. The molecule has 1 nitrogen and oxygen atoms in total. The van der Waals surface area contributed by atoms with E-state index in [-0.39, 0.29) is 40.8 Å². The molecular weight excluding hydrogens is 159 g/mol. The molecule has 0 aromatic heterocycles. The summed E-state index contributed by atoms with van der Waals surface area (Å²) >= 11 is 5.53. The molecule has 1 rings (SSSR count). The molecule has 0 N–H and O–H groups in total. The Balaban J connectivity index is 0. The van der Waals surface area contributed by atoms with E-state index in [1.807, 2.05) is 0 Å². The summed E-state index contributed by atoms with van der Waals surface area (Å²) in [5.74, 6) is 0. The first kappa shape index (κ1) is 12.0. The van der Waals surface area contributed by atoms with Gasteiger partial charge < -0.3 is 17.1 Å². The van der Waals surface area contributed by atoms with Gasteiger partial charge in [-0.25, -0.2) is 0 Å². The van der Waals surface area contributed by atoms with Gasteiger partial charge in [-0.2, -0.15) is 18.2 Å². The Hall–Kier alpha value is 1.31. The van der Waals surface area contributed by atoms with E-state index in [2.05, 4.69) is 0 Å². The molecule has 1 heterocycles. The van der Waals surface area contributed by atoms with Crippen molar-refractivity contribution in [2.45, 2.75) is 11.8 Å². The number of halogens is 2. The van der Waals surface area contributed by atoms with Crippen molar-refractivity contribution in [2.75, 3.05) is 6.61 Å². The van der Waals surface area contributed by atoms with E-state index in [0.29, 0.717) is 0 Å². The van der Waals surface area contributed by atoms with Crippen LogP contribution in [0.4, 0.5) is 0 Å². The van der Waals surface area contributed by atoms with Crippen LogP contribution in [0.1, 0.15) is 6.42 Å². The van der Waals surface area contributed by atoms with E-state index >= 15 is 0 Å². The van der Waals surface area contributed by atoms with Crippen molar-refractivity contribution in [2.24, 2.45) is 0 Å². The third-order valence-corrected chi connectivity index (χ3v) is 1.08. The maximum absolute atomic E-state index is 5.53. The van der Waals surface area contributed by atoms with Crippen LogP contribution in [0.15, 0.2) is 0 Å². The second-order valence-electron chi connectivity index (χ2n) is 1.31. The topological polar surface area (TPSA) is 9.23 Å². The molecule has 4 heteroatoms. The average Bonchev–Trinajstić information content (AvgIpc) is 1.86. The summed E-state index contributed by atoms with van der Waals surface area (Å²) in [4.78, 5) is 0. The Kier molecular flexibility index (Phi) is 9.66. The molecule has 1 aliphatic rings. The van der Waals surface area contributed by atoms with Gasteiger partial charge in [-0.3, -0.25) is 0 Å². The van der Waals surface area contributed by atoms with Gasteiger partial charge in [-0.15, -0.1) is 0 Å². The fraction of sp³-hybridized carbons (Fsp3) is 0.750. The molecule has 0 spiro atoms. The zero-order valence-electron chi connectivity index (χ0n) is 4.44. The summed E-state index contributed by atoms with van der Waals surface area (Å²) in [6.45, 7) is 2.47. The first-order valence-corrected chi connectivity index (χ1v) is 2.42. The molecule has 0 aromatic rings. The van der Waals surface area contributed by atoms with E-state index in [9.17, 15) is 0 Å². The van der Waals surface area contributed by atoms with Gasteiger partial charge >= 0.3 is 23.1 Å². The Morgan fingerprint density at radius 3 is 2.38 bits per heavy atom. The van der Waals surface area contributed by atoms with Crippen molar-refractivity contribution < 1.29 is 17.1 Å². The Morgan fingerprint density at radius 2 is 2.25 bits per heavy atom. The molecule has 0 aliphatic carbocycles. The number of hydrogen-bond acceptors (Lipinski definition) is 1. The zero-order valence-corrected chi connectivity index (χ0v) is 7.37. The summed E-state index contributed by atoms with van der Waals surface area (Å²) in [6.07, 6.45) is 0.974. The van der Waals surface area contributed by atoms with Crippen LogP contribution < -0.4 is 12.4 Å². The van der Waals surface area contributed by atoms with Crippen molar-refractivity contribution in [3.8, 4) is 0 Å². The van der Waals surface area contributed by atoms with Crippen LogP contribution in [0.2, 0.25) is 0 Å². The van der Waals surface area contributed by atoms with Gasteiger partial charge in [0.05, 0.1) is 0 Å². The van der Waals surface area contributed by atoms with Crippen molar-refractivity contribution in [1.82, 2.24) is 0 Å². The largest absolute Gasteiger partial charge is 2.00 e. The van der Waals surface area contributed by atoms with Crippen LogP contribution in [-0.2, 0) is 4.74 Å². The first-order valence-electron chi connectivity index (χ1n) is 1.98. The molecule has 0 bridgehead atoms. The molecule has 44 valence electrons. The van der Waals surface area contributed by atoms with Gasteiger partial charge in [0.1, 0.15) is 0 Å². The minimum absolute atomic E-state index is 0. The maximum Gasteiger partial charge on any atom is 2.00 e. The summed E-state index contributed by atoms with van der Waals surface area (Å²) in [5, 5.41) is 0.171. The van der Waals surface area contributed by atoms with Crippen LogP contribution in [0.3, 0.4) is 0 Å². The summed E-state index contributed by atoms with van der Waals surface area (Å²) < 4.78 is 4.80. The smallest absolute Gasteiger partial charge is 1.00 e. The molecule has 1 saturated heterocycles. The Bertz CT molecular complexity index is 47.3. The van der Waals surface area contributed by atoms with E-state index < -0.39 is 0 Å². The standard InChI is InChI=1S/C4H6ClO.ClH.Mg/c5-4-1-2-6-3-4;;/h3-4H,1-2H2;1H;/q-1;;+2/p-1. The maximum atomic E-state index is 5.53. The third kappa shape index (κ3) is 4.21. The summed E-state index contributed by atoms with van der Waals surface area (Å²) in [7, 11) is 0. The first-order chi connectivity index (χ1) is 2.89. The zero-order chi connectivity index (χ0) is 4.41. The SMILES string of the molecule is ClC1[CH-]OCC1.[Cl-].[Mg+2]. The number of hydrogen-bond donors (Lipinski definition) is 0. The van der Waals surface area contributed by atoms with Gasteiger partial charge in [0.25, 0.3) is 0 Å². The molecular formula is C4H6Cl2MgO. The van der Waals surface area contributed by atoms with Crippen molar-refractivity contribution in [3.05, 3.63) is 6.61 Å². The van der Waals surface area contributed by atoms with Gasteiger partial charge in [0, 0.05) is 6.61 Å². The average molecular weight is 165 g/mol. The minimum atomic E-state index is 0. The monoisotopic (exact) mass is 164 g/mol. The fourth-order valence-electron chi connectivity index (χ4n) is 0.421. The Morgan fingerprint density at radius 1 is 1.62 bits per heavy atom. The molecule has 0 amide bonds. The van der Waals surface area contributed by atoms with E-state index in [4.69, 9.17) is 16.3 Å². The van der Waals surface area contributed by atoms with Gasteiger partial charge in [0.15, 0.2) is 0 Å². The fourth-order valence-corrected chi connectivity index (χ4v) is 0.583. The molecule has 1 unspecified atom stereocenters. The van der Waals surface area contributed by atoms with Crippen LogP contribution in [0.5, 0.6) is 0 Å². The van der Waals surface area contributed by atoms with E-state index in [0.717, 1.165) is 13.0 Å². The van der Waals surface area contributed by atoms with Gasteiger partial charge in [-0.05, 0) is 6.42 Å². The molecule has 1 atom stereocenters. The van der Waals surface area contributed by atoms with Crippen LogP contribution in [-0.4, -0.2) is 35.0 Å². The molecule has 1 aliphatic heterocycles. The van der Waals surface area contributed by atoms with Crippen LogP contribution in [0, 0.1) is 6.61 Å². The summed E-state index contributed by atoms with van der Waals surface area (Å²) in [5.41, 5.74) is 0. The van der Waals surface area contributed by atoms with Crippen molar-refractivity contribution in [3.63, 3.8) is 0 Å². The predicted octanol–water partition coefficient (Wildman–Crippen LogP) is -2.20. The molecule has 8 heavy (non-hydrogen) atoms. The molecule has 0 radical (unpaired) electrons. The van der Waals surface area contributed by atoms with Crippen molar-refractivity contribution >= 4 is 34.7 Å². The van der Waals surface area contributed by atoms with Gasteiger partial charge in [-0.1, -0.05) is 5.38 Å². The predicted molar refractivity (Wildman–Crippen MR) is 30.3 cm³/mol. The molecule has 0 aromatic carbocycles. The third-order valence-electron chi connectivity index (χ3n) is 0.755. The second kappa shape index (κ2) is 6.43.